The number of fused-ring (bicyclic) bond motifs is 1. The second-order valence-electron chi connectivity index (χ2n) is 7.35. The highest BCUT2D eigenvalue weighted by Gasteiger charge is 2.14. The number of rotatable bonds is 10. The summed E-state index contributed by atoms with van der Waals surface area (Å²) in [4.78, 5) is 15.8. The Morgan fingerprint density at radius 2 is 1.94 bits per heavy atom. The molecule has 3 aromatic heterocycles. The van der Waals surface area contributed by atoms with Gasteiger partial charge in [-0.3, -0.25) is 5.10 Å². The predicted octanol–water partition coefficient (Wildman–Crippen LogP) is 3.18. The molecule has 4 rings (SSSR count). The van der Waals surface area contributed by atoms with Crippen LogP contribution in [0.25, 0.3) is 22.4 Å². The van der Waals surface area contributed by atoms with Crippen molar-refractivity contribution in [2.75, 3.05) is 43.3 Å². The molecule has 0 aliphatic rings. The maximum Gasteiger partial charge on any atom is 0.186 e. The summed E-state index contributed by atoms with van der Waals surface area (Å²) in [6.07, 6.45) is 1.77. The van der Waals surface area contributed by atoms with Gasteiger partial charge in [0.25, 0.3) is 0 Å². The topological polar surface area (TPSA) is 115 Å². The number of likely N-dealkylation sites (N-methyl/N-ethyl adjacent to an activating group) is 1. The molecule has 0 saturated carbocycles. The number of hydrogen-bond donors (Lipinski definition) is 4. The summed E-state index contributed by atoms with van der Waals surface area (Å²) in [5.74, 6) is 1.36. The third-order valence-corrected chi connectivity index (χ3v) is 5.70. The van der Waals surface area contributed by atoms with Crippen LogP contribution in [-0.4, -0.2) is 68.4 Å². The van der Waals surface area contributed by atoms with E-state index in [2.05, 4.69) is 35.1 Å². The lowest BCUT2D eigenvalue weighted by atomic mass is 10.2. The van der Waals surface area contributed by atoms with E-state index >= 15 is 0 Å². The van der Waals surface area contributed by atoms with Gasteiger partial charge in [-0.25, -0.2) is 15.0 Å². The van der Waals surface area contributed by atoms with Crippen molar-refractivity contribution in [3.05, 3.63) is 54.4 Å². The maximum absolute atomic E-state index is 9.07. The number of aromatic nitrogens is 5. The quantitative estimate of drug-likeness (QED) is 0.270. The van der Waals surface area contributed by atoms with Crippen molar-refractivity contribution < 1.29 is 5.11 Å². The summed E-state index contributed by atoms with van der Waals surface area (Å²) < 4.78 is 3.29. The van der Waals surface area contributed by atoms with Crippen molar-refractivity contribution in [2.24, 2.45) is 0 Å². The minimum absolute atomic E-state index is 0.143. The summed E-state index contributed by atoms with van der Waals surface area (Å²) in [6.45, 7) is 4.22. The molecule has 3 heterocycles. The largest absolute Gasteiger partial charge is 0.395 e. The first-order valence-corrected chi connectivity index (χ1v) is 11.2. The van der Waals surface area contributed by atoms with Gasteiger partial charge < -0.3 is 20.0 Å². The number of nitrogens with zero attached hydrogens (tertiary/aromatic N) is 5. The van der Waals surface area contributed by atoms with Crippen molar-refractivity contribution in [3.63, 3.8) is 0 Å². The van der Waals surface area contributed by atoms with Crippen LogP contribution < -0.4 is 10.0 Å². The predicted molar refractivity (Wildman–Crippen MR) is 129 cm³/mol. The fourth-order valence-corrected chi connectivity index (χ4v) is 3.80. The Balaban J connectivity index is 1.50. The first-order chi connectivity index (χ1) is 15.6. The Morgan fingerprint density at radius 3 is 2.69 bits per heavy atom. The molecule has 1 aromatic carbocycles. The van der Waals surface area contributed by atoms with Crippen LogP contribution in [0.2, 0.25) is 0 Å². The monoisotopic (exact) mass is 450 g/mol. The Labute approximate surface area is 190 Å². The van der Waals surface area contributed by atoms with Gasteiger partial charge in [0.05, 0.1) is 12.0 Å². The minimum atomic E-state index is 0.143. The minimum Gasteiger partial charge on any atom is -0.395 e. The number of benzene rings is 1. The molecule has 0 amide bonds. The highest BCUT2D eigenvalue weighted by molar-refractivity contribution is 8.00. The van der Waals surface area contributed by atoms with Crippen LogP contribution in [0.4, 0.5) is 11.5 Å². The second kappa shape index (κ2) is 10.4. The van der Waals surface area contributed by atoms with Crippen LogP contribution >= 0.6 is 11.9 Å². The number of aryl methyl sites for hydroxylation is 1. The average Bonchev–Trinajstić information content (AvgIpc) is 3.20. The number of hydrogen-bond acceptors (Lipinski definition) is 9. The van der Waals surface area contributed by atoms with Gasteiger partial charge >= 0.3 is 0 Å². The van der Waals surface area contributed by atoms with Gasteiger partial charge in [0.15, 0.2) is 11.5 Å². The van der Waals surface area contributed by atoms with Crippen LogP contribution in [0.5, 0.6) is 0 Å². The highest BCUT2D eigenvalue weighted by atomic mass is 32.2. The van der Waals surface area contributed by atoms with Gasteiger partial charge in [-0.15, -0.1) is 0 Å². The Morgan fingerprint density at radius 1 is 1.09 bits per heavy atom. The molecular weight excluding hydrogens is 424 g/mol. The lowest BCUT2D eigenvalue weighted by Gasteiger charge is -2.16. The summed E-state index contributed by atoms with van der Waals surface area (Å²) in [5, 5.41) is 21.6. The van der Waals surface area contributed by atoms with Gasteiger partial charge in [0, 0.05) is 54.7 Å². The molecule has 4 N–H and O–H groups in total. The molecule has 166 valence electrons. The van der Waals surface area contributed by atoms with Crippen molar-refractivity contribution in [2.45, 2.75) is 11.9 Å². The van der Waals surface area contributed by atoms with E-state index in [1.807, 2.05) is 56.4 Å². The van der Waals surface area contributed by atoms with Crippen LogP contribution in [0.3, 0.4) is 0 Å². The summed E-state index contributed by atoms with van der Waals surface area (Å²) >= 11 is 1.46. The Kier molecular flexibility index (Phi) is 7.15. The molecule has 0 radical (unpaired) electrons. The van der Waals surface area contributed by atoms with E-state index in [1.54, 1.807) is 6.20 Å². The van der Waals surface area contributed by atoms with E-state index in [9.17, 15) is 0 Å². The van der Waals surface area contributed by atoms with Gasteiger partial charge in [0.1, 0.15) is 10.8 Å². The second-order valence-corrected chi connectivity index (χ2v) is 8.17. The molecule has 0 atom stereocenters. The fraction of sp³-hybridized carbons (Fsp3) is 0.273. The zero-order valence-corrected chi connectivity index (χ0v) is 18.9. The lowest BCUT2D eigenvalue weighted by molar-refractivity contribution is 0.225. The van der Waals surface area contributed by atoms with Crippen LogP contribution in [0.1, 0.15) is 5.69 Å². The molecule has 0 aliphatic carbocycles. The maximum atomic E-state index is 9.07. The molecule has 9 nitrogen and oxygen atoms in total. The first-order valence-electron chi connectivity index (χ1n) is 10.3. The molecule has 0 bridgehead atoms. The van der Waals surface area contributed by atoms with Crippen molar-refractivity contribution in [1.82, 2.24) is 30.0 Å². The van der Waals surface area contributed by atoms with Crippen molar-refractivity contribution in [1.29, 1.82) is 0 Å². The molecular formula is C22H26N8OS. The van der Waals surface area contributed by atoms with E-state index in [1.165, 1.54) is 11.9 Å². The summed E-state index contributed by atoms with van der Waals surface area (Å²) in [6, 6.07) is 13.8. The summed E-state index contributed by atoms with van der Waals surface area (Å²) in [7, 11) is 1.98. The number of aliphatic hydroxyl groups is 1. The molecule has 0 aliphatic heterocycles. The third kappa shape index (κ3) is 5.34. The van der Waals surface area contributed by atoms with Gasteiger partial charge in [0.2, 0.25) is 0 Å². The fourth-order valence-electron chi connectivity index (χ4n) is 3.18. The Hall–Kier alpha value is -3.21. The van der Waals surface area contributed by atoms with E-state index < -0.39 is 0 Å². The smallest absolute Gasteiger partial charge is 0.186 e. The first kappa shape index (κ1) is 22.0. The van der Waals surface area contributed by atoms with E-state index in [4.69, 9.17) is 10.1 Å². The molecule has 0 unspecified atom stereocenters. The standard InChI is InChI=1S/C22H26N8OS/c1-15-19-21(24-11-12-30(2)13-14-31)25-20(26-22(19)28-27-15)16-6-8-17(9-7-16)29-32-18-5-3-4-10-23-18/h3-10,29,31H,11-14H2,1-2H3,(H2,24,25,26,27,28). The number of aliphatic hydroxyl groups excluding tert-OH is 1. The molecule has 0 spiro atoms. The van der Waals surface area contributed by atoms with Gasteiger partial charge in [-0.05, 0) is 50.4 Å². The van der Waals surface area contributed by atoms with E-state index in [0.29, 0.717) is 24.6 Å². The number of H-pyrrole nitrogens is 1. The molecule has 0 fully saturated rings. The summed E-state index contributed by atoms with van der Waals surface area (Å²) in [5.41, 5.74) is 3.42. The Bertz CT molecular complexity index is 1150. The molecule has 4 aromatic rings. The molecule has 10 heteroatoms. The van der Waals surface area contributed by atoms with Crippen molar-refractivity contribution in [3.8, 4) is 11.4 Å². The van der Waals surface area contributed by atoms with E-state index in [-0.39, 0.29) is 6.61 Å². The third-order valence-electron chi connectivity index (χ3n) is 4.92. The number of nitrogens with one attached hydrogen (secondary N) is 3. The van der Waals surface area contributed by atoms with Gasteiger partial charge in [-0.1, -0.05) is 6.07 Å². The number of pyridine rings is 1. The van der Waals surface area contributed by atoms with Crippen LogP contribution in [-0.2, 0) is 0 Å². The zero-order chi connectivity index (χ0) is 22.3. The number of aromatic amines is 1. The SMILES string of the molecule is Cc1[nH]nc2nc(-c3ccc(NSc4ccccn4)cc3)nc(NCCN(C)CCO)c12. The number of anilines is 2. The zero-order valence-electron chi connectivity index (χ0n) is 18.0. The van der Waals surface area contributed by atoms with Crippen LogP contribution in [0, 0.1) is 6.92 Å². The van der Waals surface area contributed by atoms with E-state index in [0.717, 1.165) is 39.7 Å². The normalized spacial score (nSPS) is 11.2. The highest BCUT2D eigenvalue weighted by Crippen LogP contribution is 2.27. The molecule has 32 heavy (non-hydrogen) atoms. The van der Waals surface area contributed by atoms with Crippen LogP contribution in [0.15, 0.2) is 53.7 Å². The van der Waals surface area contributed by atoms with Gasteiger partial charge in [-0.2, -0.15) is 5.10 Å². The lowest BCUT2D eigenvalue weighted by Crippen LogP contribution is -2.28. The van der Waals surface area contributed by atoms with Crippen molar-refractivity contribution >= 4 is 34.5 Å². The average molecular weight is 451 g/mol. The molecule has 0 saturated heterocycles.